The van der Waals surface area contributed by atoms with E-state index >= 15 is 0 Å². The first-order chi connectivity index (χ1) is 12.2. The van der Waals surface area contributed by atoms with E-state index in [9.17, 15) is 52.9 Å². The first-order valence-electron chi connectivity index (χ1n) is 6.81. The van der Waals surface area contributed by atoms with Crippen molar-refractivity contribution in [2.45, 2.75) is 42.7 Å². The molecule has 0 bridgehead atoms. The standard InChI is InChI=1S/C12H14F8O7S/c1-6(4-26-5-10(13,14)28(23,24)25)8(21)27-7(2)3-9(22,11(15,16)17)12(18,19)20/h7,22H,1,3-5H2,2H3,(H,23,24,25)/p-1. The van der Waals surface area contributed by atoms with Crippen LogP contribution in [0, 0.1) is 0 Å². The Morgan fingerprint density at radius 3 is 1.89 bits per heavy atom. The first kappa shape index (κ1) is 26.5. The molecule has 7 nitrogen and oxygen atoms in total. The highest BCUT2D eigenvalue weighted by atomic mass is 32.2. The number of hydrogen-bond donors (Lipinski definition) is 1. The van der Waals surface area contributed by atoms with Crippen molar-refractivity contribution in [3.63, 3.8) is 0 Å². The molecule has 0 saturated heterocycles. The Bertz CT molecular complexity index is 669. The van der Waals surface area contributed by atoms with Crippen molar-refractivity contribution in [2.75, 3.05) is 13.2 Å². The van der Waals surface area contributed by atoms with E-state index in [1.807, 2.05) is 0 Å². The third-order valence-corrected chi connectivity index (χ3v) is 3.88. The predicted molar refractivity (Wildman–Crippen MR) is 71.8 cm³/mol. The Hall–Kier alpha value is -1.52. The first-order valence-corrected chi connectivity index (χ1v) is 8.22. The second kappa shape index (κ2) is 8.46. The van der Waals surface area contributed by atoms with Gasteiger partial charge in [0.25, 0.3) is 5.60 Å². The molecular weight excluding hydrogens is 440 g/mol. The van der Waals surface area contributed by atoms with Crippen LogP contribution in [0.4, 0.5) is 35.1 Å². The van der Waals surface area contributed by atoms with Crippen LogP contribution < -0.4 is 0 Å². The molecule has 0 fully saturated rings. The van der Waals surface area contributed by atoms with Crippen LogP contribution in [0.1, 0.15) is 13.3 Å². The fourth-order valence-electron chi connectivity index (χ4n) is 1.54. The van der Waals surface area contributed by atoms with E-state index in [0.717, 1.165) is 0 Å². The van der Waals surface area contributed by atoms with Crippen LogP contribution in [0.2, 0.25) is 0 Å². The Morgan fingerprint density at radius 1 is 1.11 bits per heavy atom. The van der Waals surface area contributed by atoms with Crippen LogP contribution in [-0.2, 0) is 24.4 Å². The average molecular weight is 453 g/mol. The summed E-state index contributed by atoms with van der Waals surface area (Å²) in [5.41, 5.74) is -6.09. The lowest BCUT2D eigenvalue weighted by Gasteiger charge is -2.34. The number of hydrogen-bond acceptors (Lipinski definition) is 7. The SMILES string of the molecule is C=C(COCC(F)(F)S(=O)(=O)[O-])C(=O)OC(C)CC(O)(C(F)(F)F)C(F)(F)F. The van der Waals surface area contributed by atoms with Gasteiger partial charge in [-0.3, -0.25) is 0 Å². The van der Waals surface area contributed by atoms with Crippen molar-refractivity contribution in [3.8, 4) is 0 Å². The third kappa shape index (κ3) is 6.52. The van der Waals surface area contributed by atoms with Crippen LogP contribution in [0.3, 0.4) is 0 Å². The minimum Gasteiger partial charge on any atom is -0.743 e. The van der Waals surface area contributed by atoms with Gasteiger partial charge in [-0.2, -0.15) is 35.1 Å². The summed E-state index contributed by atoms with van der Waals surface area (Å²) in [4.78, 5) is 11.5. The Balaban J connectivity index is 4.88. The second-order valence-corrected chi connectivity index (χ2v) is 6.97. The maximum absolute atomic E-state index is 12.8. The van der Waals surface area contributed by atoms with Crippen LogP contribution >= 0.6 is 0 Å². The molecule has 16 heteroatoms. The maximum Gasteiger partial charge on any atom is 0.426 e. The van der Waals surface area contributed by atoms with E-state index in [1.165, 1.54) is 0 Å². The van der Waals surface area contributed by atoms with Crippen LogP contribution in [-0.4, -0.2) is 66.6 Å². The molecule has 0 aromatic rings. The number of alkyl halides is 8. The third-order valence-electron chi connectivity index (χ3n) is 3.03. The molecule has 1 atom stereocenters. The summed E-state index contributed by atoms with van der Waals surface area (Å²) < 4.78 is 140. The monoisotopic (exact) mass is 453 g/mol. The summed E-state index contributed by atoms with van der Waals surface area (Å²) in [6, 6.07) is 0. The van der Waals surface area contributed by atoms with Crippen molar-refractivity contribution in [2.24, 2.45) is 0 Å². The minimum atomic E-state index is -6.15. The molecule has 0 amide bonds. The predicted octanol–water partition coefficient (Wildman–Crippen LogP) is 1.87. The highest BCUT2D eigenvalue weighted by Gasteiger charge is 2.70. The number of carbonyl (C=O) groups excluding carboxylic acids is 1. The van der Waals surface area contributed by atoms with Crippen molar-refractivity contribution >= 4 is 16.1 Å². The molecule has 1 N–H and O–H groups in total. The second-order valence-electron chi connectivity index (χ2n) is 5.46. The summed E-state index contributed by atoms with van der Waals surface area (Å²) >= 11 is 0. The van der Waals surface area contributed by atoms with Gasteiger partial charge >= 0.3 is 23.6 Å². The molecule has 166 valence electrons. The van der Waals surface area contributed by atoms with Crippen molar-refractivity contribution in [1.29, 1.82) is 0 Å². The topological polar surface area (TPSA) is 113 Å². The highest BCUT2D eigenvalue weighted by molar-refractivity contribution is 7.86. The zero-order valence-corrected chi connectivity index (χ0v) is 14.6. The number of carbonyl (C=O) groups is 1. The van der Waals surface area contributed by atoms with Gasteiger partial charge in [0.2, 0.25) is 0 Å². The summed E-state index contributed by atoms with van der Waals surface area (Å²) in [6.07, 6.45) is -16.6. The minimum absolute atomic E-state index is 0.576. The largest absolute Gasteiger partial charge is 0.743 e. The normalized spacial score (nSPS) is 15.2. The Kier molecular flexibility index (Phi) is 8.00. The van der Waals surface area contributed by atoms with Crippen molar-refractivity contribution in [1.82, 2.24) is 0 Å². The summed E-state index contributed by atoms with van der Waals surface area (Å²) in [5, 5.41) is 4.09. The number of halogens is 8. The zero-order chi connectivity index (χ0) is 22.8. The molecule has 0 rings (SSSR count). The van der Waals surface area contributed by atoms with Crippen molar-refractivity contribution < 1.29 is 67.5 Å². The van der Waals surface area contributed by atoms with E-state index < -0.39 is 70.6 Å². The number of ether oxygens (including phenoxy) is 2. The number of aliphatic hydroxyl groups is 1. The lowest BCUT2D eigenvalue weighted by molar-refractivity contribution is -0.373. The van der Waals surface area contributed by atoms with Crippen LogP contribution in [0.25, 0.3) is 0 Å². The molecule has 0 spiro atoms. The fraction of sp³-hybridized carbons (Fsp3) is 0.750. The number of esters is 1. The molecule has 0 aliphatic heterocycles. The molecule has 0 aromatic carbocycles. The van der Waals surface area contributed by atoms with Crippen molar-refractivity contribution in [3.05, 3.63) is 12.2 Å². The molecule has 0 aliphatic carbocycles. The summed E-state index contributed by atoms with van der Waals surface area (Å²) in [5.74, 6) is -1.67. The van der Waals surface area contributed by atoms with E-state index in [-0.39, 0.29) is 0 Å². The van der Waals surface area contributed by atoms with Gasteiger partial charge in [0.15, 0.2) is 10.1 Å². The van der Waals surface area contributed by atoms with Crippen LogP contribution in [0.15, 0.2) is 12.2 Å². The molecule has 0 saturated carbocycles. The zero-order valence-electron chi connectivity index (χ0n) is 13.7. The fourth-order valence-corrected chi connectivity index (χ4v) is 1.77. The van der Waals surface area contributed by atoms with Gasteiger partial charge in [-0.15, -0.1) is 0 Å². The molecule has 0 radical (unpaired) electrons. The lowest BCUT2D eigenvalue weighted by atomic mass is 9.95. The molecule has 0 aliphatic rings. The van der Waals surface area contributed by atoms with E-state index in [2.05, 4.69) is 16.1 Å². The Morgan fingerprint density at radius 2 is 1.54 bits per heavy atom. The summed E-state index contributed by atoms with van der Waals surface area (Å²) in [6.45, 7) is 0.302. The lowest BCUT2D eigenvalue weighted by Crippen LogP contribution is -2.58. The maximum atomic E-state index is 12.8. The van der Waals surface area contributed by atoms with Gasteiger partial charge in [-0.1, -0.05) is 6.58 Å². The van der Waals surface area contributed by atoms with Gasteiger partial charge in [0.1, 0.15) is 12.7 Å². The summed E-state index contributed by atoms with van der Waals surface area (Å²) in [7, 11) is -6.08. The average Bonchev–Trinajstić information content (AvgIpc) is 2.42. The van der Waals surface area contributed by atoms with Gasteiger partial charge < -0.3 is 19.1 Å². The van der Waals surface area contributed by atoms with Gasteiger partial charge in [-0.25, -0.2) is 13.2 Å². The highest BCUT2D eigenvalue weighted by Crippen LogP contribution is 2.46. The Labute approximate surface area is 152 Å². The van der Waals surface area contributed by atoms with E-state index in [1.54, 1.807) is 0 Å². The smallest absolute Gasteiger partial charge is 0.426 e. The van der Waals surface area contributed by atoms with Gasteiger partial charge in [-0.05, 0) is 6.92 Å². The molecule has 0 heterocycles. The van der Waals surface area contributed by atoms with Gasteiger partial charge in [0.05, 0.1) is 12.2 Å². The molecule has 0 aromatic heterocycles. The van der Waals surface area contributed by atoms with Crippen LogP contribution in [0.5, 0.6) is 0 Å². The van der Waals surface area contributed by atoms with E-state index in [0.29, 0.717) is 6.92 Å². The molecule has 1 unspecified atom stereocenters. The number of rotatable bonds is 9. The van der Waals surface area contributed by atoms with Gasteiger partial charge in [0, 0.05) is 6.42 Å². The molecule has 28 heavy (non-hydrogen) atoms. The molecular formula is C12H13F8O7S-. The van der Waals surface area contributed by atoms with E-state index in [4.69, 9.17) is 5.11 Å². The quantitative estimate of drug-likeness (QED) is 0.246.